The molecule has 2 heterocycles. The Labute approximate surface area is 130 Å². The fourth-order valence-electron chi connectivity index (χ4n) is 3.24. The molecule has 1 aliphatic rings. The third-order valence-electron chi connectivity index (χ3n) is 4.67. The van der Waals surface area contributed by atoms with E-state index in [2.05, 4.69) is 15.5 Å². The number of nitrogens with zero attached hydrogens (tertiary/aromatic N) is 4. The molecule has 118 valence electrons. The average molecular weight is 301 g/mol. The summed E-state index contributed by atoms with van der Waals surface area (Å²) < 4.78 is 3.68. The zero-order chi connectivity index (χ0) is 15.9. The highest BCUT2D eigenvalue weighted by Crippen LogP contribution is 2.24. The van der Waals surface area contributed by atoms with Gasteiger partial charge < -0.3 is 5.32 Å². The van der Waals surface area contributed by atoms with Crippen LogP contribution in [0.4, 0.5) is 0 Å². The highest BCUT2D eigenvalue weighted by molar-refractivity contribution is 5.94. The predicted molar refractivity (Wildman–Crippen MR) is 83.7 cm³/mol. The van der Waals surface area contributed by atoms with Crippen LogP contribution in [0.15, 0.2) is 6.20 Å². The third-order valence-corrected chi connectivity index (χ3v) is 4.67. The molecule has 0 bridgehead atoms. The van der Waals surface area contributed by atoms with Crippen molar-refractivity contribution in [1.82, 2.24) is 24.9 Å². The van der Waals surface area contributed by atoms with E-state index in [0.29, 0.717) is 5.69 Å². The Hall–Kier alpha value is -2.11. The number of carbonyl (C=O) groups excluding carboxylic acids is 1. The Morgan fingerprint density at radius 1 is 1.27 bits per heavy atom. The second-order valence-corrected chi connectivity index (χ2v) is 6.11. The first-order valence-electron chi connectivity index (χ1n) is 7.83. The fraction of sp³-hybridized carbons (Fsp3) is 0.562. The maximum Gasteiger partial charge on any atom is 0.272 e. The van der Waals surface area contributed by atoms with Crippen LogP contribution in [0.5, 0.6) is 0 Å². The van der Waals surface area contributed by atoms with Crippen LogP contribution >= 0.6 is 0 Å². The second kappa shape index (κ2) is 5.59. The van der Waals surface area contributed by atoms with Crippen LogP contribution in [0.25, 0.3) is 0 Å². The Balaban J connectivity index is 1.82. The van der Waals surface area contributed by atoms with Crippen molar-refractivity contribution in [3.8, 4) is 0 Å². The van der Waals surface area contributed by atoms with E-state index in [0.717, 1.165) is 36.1 Å². The molecule has 1 amide bonds. The topological polar surface area (TPSA) is 64.7 Å². The number of hydrogen-bond donors (Lipinski definition) is 1. The van der Waals surface area contributed by atoms with E-state index >= 15 is 0 Å². The molecule has 0 spiro atoms. The number of nitrogens with one attached hydrogen (secondary N) is 1. The number of rotatable bonds is 3. The van der Waals surface area contributed by atoms with E-state index in [-0.39, 0.29) is 11.9 Å². The lowest BCUT2D eigenvalue weighted by molar-refractivity contribution is 0.0933. The number of aryl methyl sites for hydroxylation is 2. The maximum atomic E-state index is 12.6. The second-order valence-electron chi connectivity index (χ2n) is 6.11. The molecule has 1 aliphatic carbocycles. The number of amides is 1. The van der Waals surface area contributed by atoms with Gasteiger partial charge in [-0.3, -0.25) is 14.2 Å². The van der Waals surface area contributed by atoms with Gasteiger partial charge in [-0.15, -0.1) is 0 Å². The Kier molecular flexibility index (Phi) is 3.76. The van der Waals surface area contributed by atoms with Crippen molar-refractivity contribution in [2.24, 2.45) is 14.1 Å². The van der Waals surface area contributed by atoms with E-state index in [1.54, 1.807) is 0 Å². The van der Waals surface area contributed by atoms with Gasteiger partial charge >= 0.3 is 0 Å². The predicted octanol–water partition coefficient (Wildman–Crippen LogP) is 1.83. The smallest absolute Gasteiger partial charge is 0.272 e. The number of hydrogen-bond acceptors (Lipinski definition) is 3. The minimum absolute atomic E-state index is 0.0811. The highest BCUT2D eigenvalue weighted by Gasteiger charge is 2.25. The van der Waals surface area contributed by atoms with Gasteiger partial charge in [0.2, 0.25) is 0 Å². The average Bonchev–Trinajstić information content (AvgIpc) is 3.01. The van der Waals surface area contributed by atoms with E-state index in [9.17, 15) is 4.79 Å². The van der Waals surface area contributed by atoms with Crippen molar-refractivity contribution >= 4 is 5.91 Å². The minimum Gasteiger partial charge on any atom is -0.344 e. The molecule has 6 heteroatoms. The van der Waals surface area contributed by atoms with Gasteiger partial charge in [0.25, 0.3) is 5.91 Å². The number of carbonyl (C=O) groups is 1. The van der Waals surface area contributed by atoms with Gasteiger partial charge in [0.15, 0.2) is 5.69 Å². The van der Waals surface area contributed by atoms with Crippen molar-refractivity contribution in [3.63, 3.8) is 0 Å². The molecule has 0 saturated heterocycles. The van der Waals surface area contributed by atoms with Crippen molar-refractivity contribution < 1.29 is 4.79 Å². The summed E-state index contributed by atoms with van der Waals surface area (Å²) >= 11 is 0. The third kappa shape index (κ3) is 2.42. The molecule has 1 unspecified atom stereocenters. The summed E-state index contributed by atoms with van der Waals surface area (Å²) in [5.74, 6) is -0.0884. The van der Waals surface area contributed by atoms with Gasteiger partial charge in [-0.25, -0.2) is 0 Å². The molecule has 0 fully saturated rings. The summed E-state index contributed by atoms with van der Waals surface area (Å²) in [6, 6.07) is -0.0811. The summed E-state index contributed by atoms with van der Waals surface area (Å²) in [5, 5.41) is 11.7. The fourth-order valence-corrected chi connectivity index (χ4v) is 3.24. The van der Waals surface area contributed by atoms with Crippen LogP contribution in [0.1, 0.15) is 58.8 Å². The Morgan fingerprint density at radius 2 is 2.00 bits per heavy atom. The molecule has 22 heavy (non-hydrogen) atoms. The molecule has 0 saturated carbocycles. The molecule has 2 aromatic heterocycles. The van der Waals surface area contributed by atoms with E-state index in [1.807, 2.05) is 43.5 Å². The molecule has 0 radical (unpaired) electrons. The maximum absolute atomic E-state index is 12.6. The summed E-state index contributed by atoms with van der Waals surface area (Å²) in [5.41, 5.74) is 5.03. The quantitative estimate of drug-likeness (QED) is 0.940. The van der Waals surface area contributed by atoms with Crippen molar-refractivity contribution in [3.05, 3.63) is 34.4 Å². The van der Waals surface area contributed by atoms with Gasteiger partial charge in [0.1, 0.15) is 0 Å². The monoisotopic (exact) mass is 301 g/mol. The molecule has 1 N–H and O–H groups in total. The summed E-state index contributed by atoms with van der Waals surface area (Å²) in [6.07, 6.45) is 6.10. The van der Waals surface area contributed by atoms with Crippen LogP contribution in [0.2, 0.25) is 0 Å². The van der Waals surface area contributed by atoms with E-state index in [4.69, 9.17) is 0 Å². The molecule has 1 atom stereocenters. The molecule has 3 rings (SSSR count). The first kappa shape index (κ1) is 14.8. The SMILES string of the molecule is Cc1c(C(C)NC(=O)c2nn(C)c3c2CCCC3)cnn1C. The van der Waals surface area contributed by atoms with Gasteiger partial charge in [0.05, 0.1) is 12.2 Å². The number of aromatic nitrogens is 4. The summed E-state index contributed by atoms with van der Waals surface area (Å²) in [7, 11) is 3.83. The van der Waals surface area contributed by atoms with Gasteiger partial charge in [-0.1, -0.05) is 0 Å². The molecular weight excluding hydrogens is 278 g/mol. The summed E-state index contributed by atoms with van der Waals surface area (Å²) in [6.45, 7) is 3.99. The van der Waals surface area contributed by atoms with Gasteiger partial charge in [0, 0.05) is 36.6 Å². The molecule has 0 aliphatic heterocycles. The van der Waals surface area contributed by atoms with Gasteiger partial charge in [-0.2, -0.15) is 10.2 Å². The number of fused-ring (bicyclic) bond motifs is 1. The van der Waals surface area contributed by atoms with Crippen LogP contribution in [-0.4, -0.2) is 25.5 Å². The first-order chi connectivity index (χ1) is 10.5. The van der Waals surface area contributed by atoms with E-state index < -0.39 is 0 Å². The van der Waals surface area contributed by atoms with Crippen LogP contribution in [0.3, 0.4) is 0 Å². The lowest BCUT2D eigenvalue weighted by Crippen LogP contribution is -2.28. The summed E-state index contributed by atoms with van der Waals surface area (Å²) in [4.78, 5) is 12.6. The van der Waals surface area contributed by atoms with Crippen molar-refractivity contribution in [2.45, 2.75) is 45.6 Å². The lowest BCUT2D eigenvalue weighted by Gasteiger charge is -2.15. The first-order valence-corrected chi connectivity index (χ1v) is 7.83. The van der Waals surface area contributed by atoms with Crippen LogP contribution in [0, 0.1) is 6.92 Å². The highest BCUT2D eigenvalue weighted by atomic mass is 16.2. The molecule has 6 nitrogen and oxygen atoms in total. The van der Waals surface area contributed by atoms with Crippen molar-refractivity contribution in [2.75, 3.05) is 0 Å². The molecule has 2 aromatic rings. The minimum atomic E-state index is -0.0884. The Bertz CT molecular complexity index is 712. The molecular formula is C16H23N5O. The van der Waals surface area contributed by atoms with Crippen molar-refractivity contribution in [1.29, 1.82) is 0 Å². The lowest BCUT2D eigenvalue weighted by atomic mass is 9.95. The zero-order valence-electron chi connectivity index (χ0n) is 13.7. The Morgan fingerprint density at radius 3 is 2.68 bits per heavy atom. The standard InChI is InChI=1S/C16H23N5O/c1-10(13-9-17-20(3)11(13)2)18-16(22)15-12-7-5-6-8-14(12)21(4)19-15/h9-10H,5-8H2,1-4H3,(H,18,22). The largest absolute Gasteiger partial charge is 0.344 e. The van der Waals surface area contributed by atoms with Gasteiger partial charge in [-0.05, 0) is 39.5 Å². The van der Waals surface area contributed by atoms with E-state index in [1.165, 1.54) is 12.1 Å². The normalized spacial score (nSPS) is 15.5. The molecule has 0 aromatic carbocycles. The zero-order valence-corrected chi connectivity index (χ0v) is 13.7. The van der Waals surface area contributed by atoms with Crippen LogP contribution in [-0.2, 0) is 26.9 Å². The van der Waals surface area contributed by atoms with Crippen LogP contribution < -0.4 is 5.32 Å².